The van der Waals surface area contributed by atoms with E-state index in [0.717, 1.165) is 25.3 Å². The Morgan fingerprint density at radius 1 is 1.64 bits per heavy atom. The van der Waals surface area contributed by atoms with Crippen LogP contribution in [0.2, 0.25) is 0 Å². The van der Waals surface area contributed by atoms with Crippen LogP contribution in [0.25, 0.3) is 0 Å². The summed E-state index contributed by atoms with van der Waals surface area (Å²) in [5.74, 6) is 1.04. The van der Waals surface area contributed by atoms with Crippen molar-refractivity contribution in [2.75, 3.05) is 6.54 Å². The number of aryl methyl sites for hydroxylation is 1. The molecule has 3 nitrogen and oxygen atoms in total. The standard InChI is InChI=1S/C10H19N3S/c1-3-13-8-12-6-10(13)7-14-9(2)4-5-11/h6,8-9H,3-5,7,11H2,1-2H3. The predicted molar refractivity (Wildman–Crippen MR) is 62.3 cm³/mol. The SMILES string of the molecule is CCn1cncc1CSC(C)CCN. The molecule has 0 aliphatic carbocycles. The Kier molecular flexibility index (Phi) is 5.04. The Bertz CT molecular complexity index is 260. The van der Waals surface area contributed by atoms with Gasteiger partial charge in [0, 0.05) is 29.4 Å². The molecule has 0 saturated carbocycles. The van der Waals surface area contributed by atoms with Gasteiger partial charge in [-0.05, 0) is 19.9 Å². The smallest absolute Gasteiger partial charge is 0.0948 e. The average molecular weight is 213 g/mol. The maximum atomic E-state index is 5.50. The highest BCUT2D eigenvalue weighted by Gasteiger charge is 2.04. The molecule has 1 heterocycles. The lowest BCUT2D eigenvalue weighted by Gasteiger charge is -2.10. The van der Waals surface area contributed by atoms with Gasteiger partial charge in [-0.25, -0.2) is 4.98 Å². The van der Waals surface area contributed by atoms with Crippen molar-refractivity contribution in [3.05, 3.63) is 18.2 Å². The van der Waals surface area contributed by atoms with Crippen LogP contribution in [0.15, 0.2) is 12.5 Å². The Balaban J connectivity index is 2.37. The first kappa shape index (κ1) is 11.6. The zero-order valence-electron chi connectivity index (χ0n) is 8.94. The van der Waals surface area contributed by atoms with E-state index >= 15 is 0 Å². The zero-order valence-corrected chi connectivity index (χ0v) is 9.76. The molecule has 1 aromatic rings. The summed E-state index contributed by atoms with van der Waals surface area (Å²) in [7, 11) is 0. The van der Waals surface area contributed by atoms with Crippen LogP contribution in [0.3, 0.4) is 0 Å². The molecule has 0 fully saturated rings. The molecule has 14 heavy (non-hydrogen) atoms. The van der Waals surface area contributed by atoms with Crippen molar-refractivity contribution in [3.8, 4) is 0 Å². The molecule has 1 unspecified atom stereocenters. The number of hydrogen-bond donors (Lipinski definition) is 1. The first-order chi connectivity index (χ1) is 6.77. The number of nitrogens with zero attached hydrogens (tertiary/aromatic N) is 2. The molecular formula is C10H19N3S. The summed E-state index contributed by atoms with van der Waals surface area (Å²) in [5, 5.41) is 0.639. The third-order valence-corrected chi connectivity index (χ3v) is 3.50. The predicted octanol–water partition coefficient (Wildman–Crippen LogP) is 1.87. The molecule has 1 atom stereocenters. The van der Waals surface area contributed by atoms with Gasteiger partial charge in [0.15, 0.2) is 0 Å². The average Bonchev–Trinajstić information content (AvgIpc) is 2.62. The third kappa shape index (κ3) is 3.35. The molecule has 0 aromatic carbocycles. The topological polar surface area (TPSA) is 43.8 Å². The molecule has 0 spiro atoms. The summed E-state index contributed by atoms with van der Waals surface area (Å²) in [4.78, 5) is 4.14. The second kappa shape index (κ2) is 6.09. The van der Waals surface area contributed by atoms with Crippen LogP contribution in [-0.4, -0.2) is 21.3 Å². The van der Waals surface area contributed by atoms with Gasteiger partial charge in [0.2, 0.25) is 0 Å². The molecule has 0 radical (unpaired) electrons. The summed E-state index contributed by atoms with van der Waals surface area (Å²) in [6.45, 7) is 6.14. The van der Waals surface area contributed by atoms with Crippen molar-refractivity contribution in [2.24, 2.45) is 5.73 Å². The number of imidazole rings is 1. The monoisotopic (exact) mass is 213 g/mol. The number of nitrogens with two attached hydrogens (primary N) is 1. The van der Waals surface area contributed by atoms with E-state index in [2.05, 4.69) is 23.4 Å². The van der Waals surface area contributed by atoms with Crippen molar-refractivity contribution in [1.29, 1.82) is 0 Å². The lowest BCUT2D eigenvalue weighted by Crippen LogP contribution is -2.08. The number of rotatable bonds is 6. The highest BCUT2D eigenvalue weighted by atomic mass is 32.2. The molecule has 0 aliphatic rings. The molecule has 80 valence electrons. The van der Waals surface area contributed by atoms with Crippen LogP contribution in [0.1, 0.15) is 26.0 Å². The van der Waals surface area contributed by atoms with E-state index in [-0.39, 0.29) is 0 Å². The van der Waals surface area contributed by atoms with Gasteiger partial charge in [0.05, 0.1) is 6.33 Å². The van der Waals surface area contributed by atoms with Crippen LogP contribution in [-0.2, 0) is 12.3 Å². The van der Waals surface area contributed by atoms with Crippen LogP contribution in [0.5, 0.6) is 0 Å². The van der Waals surface area contributed by atoms with Gasteiger partial charge in [-0.15, -0.1) is 0 Å². The molecule has 0 aliphatic heterocycles. The van der Waals surface area contributed by atoms with Gasteiger partial charge < -0.3 is 10.3 Å². The fourth-order valence-electron chi connectivity index (χ4n) is 1.30. The number of hydrogen-bond acceptors (Lipinski definition) is 3. The fraction of sp³-hybridized carbons (Fsp3) is 0.700. The van der Waals surface area contributed by atoms with E-state index in [0.29, 0.717) is 5.25 Å². The molecular weight excluding hydrogens is 194 g/mol. The largest absolute Gasteiger partial charge is 0.334 e. The lowest BCUT2D eigenvalue weighted by atomic mass is 10.3. The van der Waals surface area contributed by atoms with Crippen molar-refractivity contribution >= 4 is 11.8 Å². The Labute approximate surface area is 90.1 Å². The van der Waals surface area contributed by atoms with Crippen molar-refractivity contribution in [3.63, 3.8) is 0 Å². The molecule has 0 saturated heterocycles. The Morgan fingerprint density at radius 3 is 3.07 bits per heavy atom. The minimum absolute atomic E-state index is 0.639. The van der Waals surface area contributed by atoms with Crippen LogP contribution >= 0.6 is 11.8 Å². The second-order valence-corrected chi connectivity index (χ2v) is 4.80. The first-order valence-electron chi connectivity index (χ1n) is 5.08. The molecule has 4 heteroatoms. The van der Waals surface area contributed by atoms with Gasteiger partial charge in [-0.2, -0.15) is 11.8 Å². The normalized spacial score (nSPS) is 13.1. The second-order valence-electron chi connectivity index (χ2n) is 3.37. The van der Waals surface area contributed by atoms with Gasteiger partial charge in [-0.3, -0.25) is 0 Å². The first-order valence-corrected chi connectivity index (χ1v) is 6.13. The molecule has 0 amide bonds. The quantitative estimate of drug-likeness (QED) is 0.784. The molecule has 2 N–H and O–H groups in total. The zero-order chi connectivity index (χ0) is 10.4. The van der Waals surface area contributed by atoms with Crippen molar-refractivity contribution in [1.82, 2.24) is 9.55 Å². The molecule has 1 aromatic heterocycles. The van der Waals surface area contributed by atoms with Gasteiger partial charge >= 0.3 is 0 Å². The number of aromatic nitrogens is 2. The van der Waals surface area contributed by atoms with Crippen molar-refractivity contribution < 1.29 is 0 Å². The number of thioether (sulfide) groups is 1. The van der Waals surface area contributed by atoms with Crippen LogP contribution in [0, 0.1) is 0 Å². The maximum Gasteiger partial charge on any atom is 0.0948 e. The van der Waals surface area contributed by atoms with Crippen molar-refractivity contribution in [2.45, 2.75) is 37.8 Å². The van der Waals surface area contributed by atoms with E-state index in [4.69, 9.17) is 5.73 Å². The Hall–Kier alpha value is -0.480. The Morgan fingerprint density at radius 2 is 2.43 bits per heavy atom. The highest BCUT2D eigenvalue weighted by molar-refractivity contribution is 7.99. The summed E-state index contributed by atoms with van der Waals surface area (Å²) < 4.78 is 2.18. The van der Waals surface area contributed by atoms with Gasteiger partial charge in [-0.1, -0.05) is 6.92 Å². The van der Waals surface area contributed by atoms with E-state index < -0.39 is 0 Å². The molecule has 0 bridgehead atoms. The van der Waals surface area contributed by atoms with Gasteiger partial charge in [0.1, 0.15) is 0 Å². The van der Waals surface area contributed by atoms with E-state index in [9.17, 15) is 0 Å². The molecule has 1 rings (SSSR count). The highest BCUT2D eigenvalue weighted by Crippen LogP contribution is 2.19. The summed E-state index contributed by atoms with van der Waals surface area (Å²) in [5.41, 5.74) is 6.81. The van der Waals surface area contributed by atoms with Gasteiger partial charge in [0.25, 0.3) is 0 Å². The van der Waals surface area contributed by atoms with E-state index in [1.807, 2.05) is 24.3 Å². The fourth-order valence-corrected chi connectivity index (χ4v) is 2.30. The minimum atomic E-state index is 0.639. The van der Waals surface area contributed by atoms with E-state index in [1.54, 1.807) is 0 Å². The summed E-state index contributed by atoms with van der Waals surface area (Å²) in [6.07, 6.45) is 4.93. The lowest BCUT2D eigenvalue weighted by molar-refractivity contribution is 0.732. The van der Waals surface area contributed by atoms with Crippen LogP contribution in [0.4, 0.5) is 0 Å². The van der Waals surface area contributed by atoms with Crippen LogP contribution < -0.4 is 5.73 Å². The summed E-state index contributed by atoms with van der Waals surface area (Å²) >= 11 is 1.95. The maximum absolute atomic E-state index is 5.50. The minimum Gasteiger partial charge on any atom is -0.334 e. The summed E-state index contributed by atoms with van der Waals surface area (Å²) in [6, 6.07) is 0. The third-order valence-electron chi connectivity index (χ3n) is 2.23. The van der Waals surface area contributed by atoms with E-state index in [1.165, 1.54) is 5.69 Å².